The fourth-order valence-electron chi connectivity index (χ4n) is 3.13. The molecule has 3 rings (SSSR count). The number of alkyl halides is 3. The van der Waals surface area contributed by atoms with E-state index in [9.17, 15) is 22.4 Å². The lowest BCUT2D eigenvalue weighted by atomic mass is 9.93. The topological polar surface area (TPSA) is 34.4 Å². The van der Waals surface area contributed by atoms with Crippen LogP contribution in [0.25, 0.3) is 0 Å². The van der Waals surface area contributed by atoms with Gasteiger partial charge < -0.3 is 4.57 Å². The second-order valence-corrected chi connectivity index (χ2v) is 9.19. The molecule has 28 heavy (non-hydrogen) atoms. The lowest BCUT2D eigenvalue weighted by Crippen LogP contribution is -2.21. The van der Waals surface area contributed by atoms with Crippen LogP contribution in [0, 0.1) is 18.7 Å². The van der Waals surface area contributed by atoms with E-state index in [1.165, 1.54) is 11.3 Å². The van der Waals surface area contributed by atoms with Crippen molar-refractivity contribution in [1.82, 2.24) is 4.57 Å². The van der Waals surface area contributed by atoms with Crippen LogP contribution in [-0.4, -0.2) is 10.5 Å². The molecule has 0 spiro atoms. The smallest absolute Gasteiger partial charge is 0.320 e. The van der Waals surface area contributed by atoms with Crippen molar-refractivity contribution in [2.75, 3.05) is 0 Å². The van der Waals surface area contributed by atoms with Gasteiger partial charge in [0.2, 0.25) is 0 Å². The summed E-state index contributed by atoms with van der Waals surface area (Å²) < 4.78 is 55.2. The molecule has 0 aliphatic heterocycles. The molecule has 0 atom stereocenters. The fraction of sp³-hybridized carbons (Fsp3) is 0.500. The van der Waals surface area contributed by atoms with E-state index >= 15 is 0 Å². The summed E-state index contributed by atoms with van der Waals surface area (Å²) in [5.41, 5.74) is -1.17. The Labute approximate surface area is 164 Å². The number of rotatable bonds is 3. The first-order valence-electron chi connectivity index (χ1n) is 9.04. The largest absolute Gasteiger partial charge is 0.417 e. The standard InChI is InChI=1S/C20H22F4N2OS/c1-11-16(19(2,3)4)28-18(26(11)10-12-5-6-12)25-17(27)14-9-13(21)7-8-15(14)20(22,23)24/h7-9,12H,5-6,10H2,1-4H3. The van der Waals surface area contributed by atoms with Gasteiger partial charge >= 0.3 is 6.18 Å². The van der Waals surface area contributed by atoms with Crippen molar-refractivity contribution < 1.29 is 22.4 Å². The van der Waals surface area contributed by atoms with E-state index in [1.54, 1.807) is 0 Å². The van der Waals surface area contributed by atoms with Crippen LogP contribution in [0.1, 0.15) is 60.1 Å². The van der Waals surface area contributed by atoms with E-state index in [0.717, 1.165) is 23.4 Å². The van der Waals surface area contributed by atoms with Gasteiger partial charge in [-0.2, -0.15) is 18.2 Å². The second-order valence-electron chi connectivity index (χ2n) is 8.21. The molecule has 1 aliphatic carbocycles. The maximum atomic E-state index is 13.6. The fourth-order valence-corrected chi connectivity index (χ4v) is 4.32. The van der Waals surface area contributed by atoms with Gasteiger partial charge in [-0.25, -0.2) is 4.39 Å². The van der Waals surface area contributed by atoms with Crippen molar-refractivity contribution in [3.63, 3.8) is 0 Å². The van der Waals surface area contributed by atoms with E-state index in [-0.39, 0.29) is 5.41 Å². The van der Waals surface area contributed by atoms with E-state index in [0.29, 0.717) is 35.5 Å². The Kier molecular flexibility index (Phi) is 5.29. The number of carbonyl (C=O) groups excluding carboxylic acids is 1. The van der Waals surface area contributed by atoms with Crippen molar-refractivity contribution in [3.8, 4) is 0 Å². The van der Waals surface area contributed by atoms with Crippen LogP contribution in [0.3, 0.4) is 0 Å². The van der Waals surface area contributed by atoms with Gasteiger partial charge in [0.15, 0.2) is 4.80 Å². The minimum atomic E-state index is -4.76. The predicted octanol–water partition coefficient (Wildman–Crippen LogP) is 5.46. The third-order valence-corrected chi connectivity index (χ3v) is 6.30. The first kappa shape index (κ1) is 20.8. The molecule has 1 amide bonds. The van der Waals surface area contributed by atoms with Crippen LogP contribution in [0.15, 0.2) is 23.2 Å². The Morgan fingerprint density at radius 3 is 2.43 bits per heavy atom. The first-order chi connectivity index (χ1) is 12.9. The number of halogens is 4. The maximum absolute atomic E-state index is 13.6. The summed E-state index contributed by atoms with van der Waals surface area (Å²) >= 11 is 1.30. The molecule has 0 unspecified atom stereocenters. The predicted molar refractivity (Wildman–Crippen MR) is 99.8 cm³/mol. The van der Waals surface area contributed by atoms with Gasteiger partial charge in [0.05, 0.1) is 11.1 Å². The molecule has 152 valence electrons. The number of carbonyl (C=O) groups is 1. The number of nitrogens with zero attached hydrogens (tertiary/aromatic N) is 2. The average Bonchev–Trinajstić information content (AvgIpc) is 3.32. The molecule has 0 N–H and O–H groups in total. The molecule has 0 radical (unpaired) electrons. The second kappa shape index (κ2) is 7.13. The van der Waals surface area contributed by atoms with Crippen LogP contribution in [0.4, 0.5) is 17.6 Å². The zero-order valence-corrected chi connectivity index (χ0v) is 17.0. The van der Waals surface area contributed by atoms with Crippen LogP contribution < -0.4 is 4.80 Å². The van der Waals surface area contributed by atoms with Crippen LogP contribution >= 0.6 is 11.3 Å². The third-order valence-electron chi connectivity index (χ3n) is 4.69. The van der Waals surface area contributed by atoms with Crippen LogP contribution in [0.2, 0.25) is 0 Å². The van der Waals surface area contributed by atoms with E-state index in [2.05, 4.69) is 4.99 Å². The summed E-state index contributed by atoms with van der Waals surface area (Å²) in [5.74, 6) is -1.50. The molecule has 1 aromatic carbocycles. The summed E-state index contributed by atoms with van der Waals surface area (Å²) in [6.45, 7) is 8.72. The van der Waals surface area contributed by atoms with Crippen LogP contribution in [-0.2, 0) is 18.1 Å². The van der Waals surface area contributed by atoms with Gasteiger partial charge in [0.25, 0.3) is 5.91 Å². The number of hydrogen-bond acceptors (Lipinski definition) is 2. The number of hydrogen-bond donors (Lipinski definition) is 0. The normalized spacial score (nSPS) is 15.9. The molecule has 1 saturated carbocycles. The lowest BCUT2D eigenvalue weighted by Gasteiger charge is -2.17. The number of amides is 1. The van der Waals surface area contributed by atoms with Gasteiger partial charge in [0.1, 0.15) is 5.82 Å². The summed E-state index contributed by atoms with van der Waals surface area (Å²) in [7, 11) is 0. The van der Waals surface area contributed by atoms with Crippen molar-refractivity contribution in [2.45, 2.75) is 58.7 Å². The Hall–Kier alpha value is -1.96. The maximum Gasteiger partial charge on any atom is 0.417 e. The van der Waals surface area contributed by atoms with Gasteiger partial charge in [-0.1, -0.05) is 20.8 Å². The Morgan fingerprint density at radius 1 is 1.25 bits per heavy atom. The monoisotopic (exact) mass is 414 g/mol. The Balaban J connectivity index is 2.13. The van der Waals surface area contributed by atoms with Gasteiger partial charge in [-0.15, -0.1) is 11.3 Å². The molecule has 0 bridgehead atoms. The van der Waals surface area contributed by atoms with Crippen molar-refractivity contribution >= 4 is 17.2 Å². The van der Waals surface area contributed by atoms with Crippen molar-refractivity contribution in [3.05, 3.63) is 50.5 Å². The first-order valence-corrected chi connectivity index (χ1v) is 9.86. The Bertz CT molecular complexity index is 976. The zero-order valence-electron chi connectivity index (χ0n) is 16.2. The number of thiazole rings is 1. The van der Waals surface area contributed by atoms with E-state index in [4.69, 9.17) is 0 Å². The highest BCUT2D eigenvalue weighted by molar-refractivity contribution is 7.09. The molecule has 1 aliphatic rings. The highest BCUT2D eigenvalue weighted by Gasteiger charge is 2.35. The summed E-state index contributed by atoms with van der Waals surface area (Å²) in [5, 5.41) is 0. The highest BCUT2D eigenvalue weighted by atomic mass is 32.1. The van der Waals surface area contributed by atoms with E-state index in [1.807, 2.05) is 32.3 Å². The molecule has 3 nitrogen and oxygen atoms in total. The molecular weight excluding hydrogens is 392 g/mol. The SMILES string of the molecule is Cc1c(C(C)(C)C)sc(=NC(=O)c2cc(F)ccc2C(F)(F)F)n1CC1CC1. The zero-order chi connectivity index (χ0) is 20.9. The quantitative estimate of drug-likeness (QED) is 0.614. The molecule has 1 heterocycles. The third kappa shape index (κ3) is 4.37. The minimum absolute atomic E-state index is 0.188. The minimum Gasteiger partial charge on any atom is -0.320 e. The van der Waals surface area contributed by atoms with Gasteiger partial charge in [-0.05, 0) is 49.3 Å². The molecule has 1 aromatic heterocycles. The lowest BCUT2D eigenvalue weighted by molar-refractivity contribution is -0.137. The summed E-state index contributed by atoms with van der Waals surface area (Å²) in [4.78, 5) is 18.0. The van der Waals surface area contributed by atoms with Gasteiger partial charge in [-0.3, -0.25) is 4.79 Å². The van der Waals surface area contributed by atoms with Crippen LogP contribution in [0.5, 0.6) is 0 Å². The summed E-state index contributed by atoms with van der Waals surface area (Å²) in [6, 6.07) is 1.88. The molecule has 8 heteroatoms. The average molecular weight is 414 g/mol. The molecule has 0 saturated heterocycles. The molecular formula is C20H22F4N2OS. The molecule has 1 fully saturated rings. The number of aromatic nitrogens is 1. The van der Waals surface area contributed by atoms with Gasteiger partial charge in [0, 0.05) is 17.1 Å². The Morgan fingerprint density at radius 2 is 1.89 bits per heavy atom. The number of benzene rings is 1. The summed E-state index contributed by atoms with van der Waals surface area (Å²) in [6.07, 6.45) is -2.59. The van der Waals surface area contributed by atoms with Crippen molar-refractivity contribution in [2.24, 2.45) is 10.9 Å². The molecule has 2 aromatic rings. The highest BCUT2D eigenvalue weighted by Crippen LogP contribution is 2.34. The van der Waals surface area contributed by atoms with Crippen molar-refractivity contribution in [1.29, 1.82) is 0 Å². The van der Waals surface area contributed by atoms with E-state index < -0.39 is 29.0 Å².